The molecule has 0 spiro atoms. The number of nitrogens with two attached hydrogens (primary N) is 1. The first-order valence-corrected chi connectivity index (χ1v) is 5.47. The lowest BCUT2D eigenvalue weighted by Crippen LogP contribution is -2.32. The number of hydrogen-bond donors (Lipinski definition) is 3. The van der Waals surface area contributed by atoms with E-state index in [1.165, 1.54) is 5.56 Å². The van der Waals surface area contributed by atoms with Crippen LogP contribution in [0.2, 0.25) is 0 Å². The van der Waals surface area contributed by atoms with Gasteiger partial charge in [-0.15, -0.1) is 0 Å². The first-order chi connectivity index (χ1) is 7.95. The smallest absolute Gasteiger partial charge is 0.161 e. The van der Waals surface area contributed by atoms with Gasteiger partial charge in [-0.1, -0.05) is 11.2 Å². The zero-order valence-electron chi connectivity index (χ0n) is 10.7. The van der Waals surface area contributed by atoms with Gasteiger partial charge in [-0.2, -0.15) is 0 Å². The molecular weight excluding hydrogens is 216 g/mol. The fourth-order valence-electron chi connectivity index (χ4n) is 1.59. The van der Waals surface area contributed by atoms with Gasteiger partial charge in [0.2, 0.25) is 0 Å². The van der Waals surface area contributed by atoms with E-state index >= 15 is 0 Å². The van der Waals surface area contributed by atoms with E-state index in [0.717, 1.165) is 11.4 Å². The summed E-state index contributed by atoms with van der Waals surface area (Å²) in [5, 5.41) is 14.7. The van der Waals surface area contributed by atoms with Crippen molar-refractivity contribution in [2.45, 2.75) is 19.9 Å². The van der Waals surface area contributed by atoms with E-state index in [9.17, 15) is 0 Å². The Morgan fingerprint density at radius 3 is 2.65 bits per heavy atom. The Morgan fingerprint density at radius 2 is 2.12 bits per heavy atom. The first kappa shape index (κ1) is 13.2. The number of amidine groups is 1. The van der Waals surface area contributed by atoms with E-state index in [4.69, 9.17) is 10.9 Å². The maximum absolute atomic E-state index is 8.58. The molecule has 5 heteroatoms. The Balaban J connectivity index is 2.90. The molecule has 5 nitrogen and oxygen atoms in total. The summed E-state index contributed by atoms with van der Waals surface area (Å²) in [6.45, 7) is 3.90. The number of aryl methyl sites for hydroxylation is 1. The average Bonchev–Trinajstić information content (AvgIpc) is 2.30. The Morgan fingerprint density at radius 1 is 1.47 bits per heavy atom. The van der Waals surface area contributed by atoms with Crippen molar-refractivity contribution < 1.29 is 5.21 Å². The second-order valence-corrected chi connectivity index (χ2v) is 4.29. The van der Waals surface area contributed by atoms with Crippen LogP contribution in [0.4, 0.5) is 11.4 Å². The van der Waals surface area contributed by atoms with Crippen molar-refractivity contribution in [3.8, 4) is 0 Å². The molecule has 1 atom stereocenters. The molecule has 0 aliphatic rings. The van der Waals surface area contributed by atoms with Crippen LogP contribution in [0.1, 0.15) is 12.5 Å². The summed E-state index contributed by atoms with van der Waals surface area (Å²) in [5.74, 6) is 0.164. The highest BCUT2D eigenvalue weighted by Gasteiger charge is 2.08. The molecule has 1 aromatic rings. The lowest BCUT2D eigenvalue weighted by molar-refractivity contribution is 0.316. The third-order valence-electron chi connectivity index (χ3n) is 2.63. The van der Waals surface area contributed by atoms with Gasteiger partial charge in [0.25, 0.3) is 0 Å². The highest BCUT2D eigenvalue weighted by Crippen LogP contribution is 2.22. The summed E-state index contributed by atoms with van der Waals surface area (Å²) in [6.07, 6.45) is 0. The number of oxime groups is 1. The van der Waals surface area contributed by atoms with Crippen LogP contribution in [0.25, 0.3) is 0 Å². The molecule has 1 unspecified atom stereocenters. The zero-order valence-corrected chi connectivity index (χ0v) is 10.7. The van der Waals surface area contributed by atoms with Gasteiger partial charge >= 0.3 is 0 Å². The summed E-state index contributed by atoms with van der Waals surface area (Å²) in [7, 11) is 4.00. The molecule has 0 heterocycles. The van der Waals surface area contributed by atoms with Crippen molar-refractivity contribution in [3.05, 3.63) is 23.8 Å². The Kier molecular flexibility index (Phi) is 4.20. The molecule has 0 radical (unpaired) electrons. The van der Waals surface area contributed by atoms with E-state index in [-0.39, 0.29) is 11.9 Å². The molecule has 17 heavy (non-hydrogen) atoms. The number of hydrogen-bond acceptors (Lipinski definition) is 4. The standard InChI is InChI=1S/C12H20N4O/c1-8-5-6-10(7-11(8)16(3)4)14-9(2)12(13)15-17/h5-7,9,14,17H,1-4H3,(H2,13,15). The Bertz CT molecular complexity index is 415. The summed E-state index contributed by atoms with van der Waals surface area (Å²) in [5.41, 5.74) is 8.81. The van der Waals surface area contributed by atoms with Crippen molar-refractivity contribution in [3.63, 3.8) is 0 Å². The van der Waals surface area contributed by atoms with Crippen molar-refractivity contribution in [2.24, 2.45) is 10.9 Å². The SMILES string of the molecule is Cc1ccc(NC(C)/C(N)=N/O)cc1N(C)C. The number of nitrogens with one attached hydrogen (secondary N) is 1. The van der Waals surface area contributed by atoms with E-state index in [2.05, 4.69) is 22.3 Å². The molecule has 0 saturated heterocycles. The summed E-state index contributed by atoms with van der Waals surface area (Å²) >= 11 is 0. The first-order valence-electron chi connectivity index (χ1n) is 5.47. The van der Waals surface area contributed by atoms with Gasteiger partial charge in [-0.3, -0.25) is 0 Å². The van der Waals surface area contributed by atoms with Crippen LogP contribution in [-0.2, 0) is 0 Å². The van der Waals surface area contributed by atoms with Crippen molar-refractivity contribution >= 4 is 17.2 Å². The van der Waals surface area contributed by atoms with Crippen LogP contribution in [0.3, 0.4) is 0 Å². The fraction of sp³-hybridized carbons (Fsp3) is 0.417. The number of nitrogens with zero attached hydrogens (tertiary/aromatic N) is 2. The summed E-state index contributed by atoms with van der Waals surface area (Å²) in [6, 6.07) is 5.84. The Labute approximate surface area is 102 Å². The van der Waals surface area contributed by atoms with Crippen LogP contribution < -0.4 is 16.0 Å². The van der Waals surface area contributed by atoms with E-state index in [1.807, 2.05) is 39.2 Å². The molecule has 0 aliphatic carbocycles. The highest BCUT2D eigenvalue weighted by atomic mass is 16.4. The topological polar surface area (TPSA) is 73.9 Å². The Hall–Kier alpha value is -1.91. The summed E-state index contributed by atoms with van der Waals surface area (Å²) < 4.78 is 0. The van der Waals surface area contributed by atoms with Gasteiger partial charge in [0.1, 0.15) is 0 Å². The van der Waals surface area contributed by atoms with Gasteiger partial charge in [0, 0.05) is 25.5 Å². The molecule has 0 aromatic heterocycles. The van der Waals surface area contributed by atoms with Gasteiger partial charge in [-0.25, -0.2) is 0 Å². The van der Waals surface area contributed by atoms with E-state index in [1.54, 1.807) is 0 Å². The number of rotatable bonds is 4. The normalized spacial score (nSPS) is 13.3. The quantitative estimate of drug-likeness (QED) is 0.321. The van der Waals surface area contributed by atoms with Crippen LogP contribution in [0.5, 0.6) is 0 Å². The van der Waals surface area contributed by atoms with Crippen molar-refractivity contribution in [1.29, 1.82) is 0 Å². The third kappa shape index (κ3) is 3.27. The molecule has 0 bridgehead atoms. The summed E-state index contributed by atoms with van der Waals surface area (Å²) in [4.78, 5) is 2.05. The lowest BCUT2D eigenvalue weighted by Gasteiger charge is -2.19. The minimum Gasteiger partial charge on any atom is -0.409 e. The van der Waals surface area contributed by atoms with Crippen LogP contribution >= 0.6 is 0 Å². The van der Waals surface area contributed by atoms with Crippen molar-refractivity contribution in [1.82, 2.24) is 0 Å². The molecule has 0 amide bonds. The fourth-order valence-corrected chi connectivity index (χ4v) is 1.59. The van der Waals surface area contributed by atoms with Gasteiger partial charge in [0.15, 0.2) is 5.84 Å². The predicted octanol–water partition coefficient (Wildman–Crippen LogP) is 1.61. The maximum atomic E-state index is 8.58. The second kappa shape index (κ2) is 5.43. The zero-order chi connectivity index (χ0) is 13.0. The minimum atomic E-state index is -0.210. The number of anilines is 2. The molecule has 94 valence electrons. The van der Waals surface area contributed by atoms with E-state index < -0.39 is 0 Å². The number of benzene rings is 1. The van der Waals surface area contributed by atoms with Gasteiger partial charge in [-0.05, 0) is 31.5 Å². The molecule has 0 aliphatic heterocycles. The molecule has 0 saturated carbocycles. The van der Waals surface area contributed by atoms with Crippen LogP contribution in [0, 0.1) is 6.92 Å². The maximum Gasteiger partial charge on any atom is 0.161 e. The largest absolute Gasteiger partial charge is 0.409 e. The molecular formula is C12H20N4O. The van der Waals surface area contributed by atoms with Gasteiger partial charge in [0.05, 0.1) is 6.04 Å². The van der Waals surface area contributed by atoms with E-state index in [0.29, 0.717) is 0 Å². The molecule has 1 aromatic carbocycles. The average molecular weight is 236 g/mol. The second-order valence-electron chi connectivity index (χ2n) is 4.29. The van der Waals surface area contributed by atoms with Crippen LogP contribution in [0.15, 0.2) is 23.4 Å². The third-order valence-corrected chi connectivity index (χ3v) is 2.63. The van der Waals surface area contributed by atoms with Crippen LogP contribution in [-0.4, -0.2) is 31.2 Å². The minimum absolute atomic E-state index is 0.164. The monoisotopic (exact) mass is 236 g/mol. The molecule has 4 N–H and O–H groups in total. The van der Waals surface area contributed by atoms with Crippen molar-refractivity contribution in [2.75, 3.05) is 24.3 Å². The molecule has 1 rings (SSSR count). The molecule has 0 fully saturated rings. The predicted molar refractivity (Wildman–Crippen MR) is 72.0 cm³/mol. The van der Waals surface area contributed by atoms with Gasteiger partial charge < -0.3 is 21.2 Å². The highest BCUT2D eigenvalue weighted by molar-refractivity contribution is 5.87. The lowest BCUT2D eigenvalue weighted by atomic mass is 10.1.